The molecule has 0 saturated heterocycles. The summed E-state index contributed by atoms with van der Waals surface area (Å²) >= 11 is 0. The molecule has 0 radical (unpaired) electrons. The lowest BCUT2D eigenvalue weighted by Gasteiger charge is -2.20. The number of nitro groups is 1. The molecule has 0 aliphatic carbocycles. The Labute approximate surface area is 175 Å². The van der Waals surface area contributed by atoms with E-state index in [0.29, 0.717) is 30.8 Å². The fraction of sp³-hybridized carbons (Fsp3) is 0.471. The van der Waals surface area contributed by atoms with E-state index in [0.717, 1.165) is 10.5 Å². The van der Waals surface area contributed by atoms with E-state index >= 15 is 0 Å². The first-order valence-electron chi connectivity index (χ1n) is 9.45. The maximum Gasteiger partial charge on any atom is 0.410 e. The van der Waals surface area contributed by atoms with E-state index in [-0.39, 0.29) is 18.0 Å². The third-order valence-electron chi connectivity index (χ3n) is 5.02. The van der Waals surface area contributed by atoms with Gasteiger partial charge in [0, 0.05) is 19.6 Å². The lowest BCUT2D eigenvalue weighted by Crippen LogP contribution is -2.31. The van der Waals surface area contributed by atoms with Crippen LogP contribution in [0.4, 0.5) is 11.5 Å². The number of aryl methyl sites for hydroxylation is 1. The average molecular weight is 458 g/mol. The minimum Gasteiger partial charge on any atom is -0.358 e. The predicted octanol–water partition coefficient (Wildman–Crippen LogP) is 1.59. The molecule has 2 aromatic rings. The van der Waals surface area contributed by atoms with Crippen molar-refractivity contribution in [3.63, 3.8) is 0 Å². The quantitative estimate of drug-likeness (QED) is 0.434. The Kier molecular flexibility index (Phi) is 5.89. The molecule has 30 heavy (non-hydrogen) atoms. The van der Waals surface area contributed by atoms with Crippen LogP contribution in [0.3, 0.4) is 0 Å². The number of sulfonamides is 2. The topological polar surface area (TPSA) is 136 Å². The molecule has 0 saturated carbocycles. The predicted molar refractivity (Wildman–Crippen MR) is 109 cm³/mol. The van der Waals surface area contributed by atoms with Gasteiger partial charge < -0.3 is 10.1 Å². The minimum atomic E-state index is -4.24. The molecule has 11 nitrogen and oxygen atoms in total. The summed E-state index contributed by atoms with van der Waals surface area (Å²) in [6, 6.07) is 4.28. The van der Waals surface area contributed by atoms with Gasteiger partial charge in [0.1, 0.15) is 0 Å². The Bertz CT molecular complexity index is 1190. The Morgan fingerprint density at radius 1 is 1.17 bits per heavy atom. The second-order valence-electron chi connectivity index (χ2n) is 6.64. The van der Waals surface area contributed by atoms with Crippen LogP contribution in [-0.4, -0.2) is 55.5 Å². The molecule has 164 valence electrons. The zero-order valence-electron chi connectivity index (χ0n) is 16.8. The van der Waals surface area contributed by atoms with Crippen molar-refractivity contribution in [1.82, 2.24) is 14.1 Å². The normalized spacial score (nSPS) is 14.3. The summed E-state index contributed by atoms with van der Waals surface area (Å²) in [5.41, 5.74) is 0.865. The number of rotatable bonds is 8. The van der Waals surface area contributed by atoms with Gasteiger partial charge in [-0.15, -0.1) is 0 Å². The number of hydrogen-bond acceptors (Lipinski definition) is 7. The van der Waals surface area contributed by atoms with Crippen molar-refractivity contribution >= 4 is 31.6 Å². The molecule has 1 aromatic heterocycles. The van der Waals surface area contributed by atoms with Crippen LogP contribution in [0, 0.1) is 10.1 Å². The van der Waals surface area contributed by atoms with E-state index in [1.54, 1.807) is 20.8 Å². The van der Waals surface area contributed by atoms with Gasteiger partial charge in [-0.2, -0.15) is 8.99 Å². The van der Waals surface area contributed by atoms with E-state index in [9.17, 15) is 26.9 Å². The molecule has 0 unspecified atom stereocenters. The highest BCUT2D eigenvalue weighted by Gasteiger charge is 2.39. The molecule has 3 rings (SSSR count). The molecular formula is C17H23N5O6S2. The second kappa shape index (κ2) is 7.96. The molecule has 13 heteroatoms. The van der Waals surface area contributed by atoms with E-state index in [4.69, 9.17) is 0 Å². The van der Waals surface area contributed by atoms with E-state index in [2.05, 4.69) is 5.10 Å². The van der Waals surface area contributed by atoms with Gasteiger partial charge >= 0.3 is 5.82 Å². The summed E-state index contributed by atoms with van der Waals surface area (Å²) in [6.07, 6.45) is 1.44. The highest BCUT2D eigenvalue weighted by molar-refractivity contribution is 7.93. The Morgan fingerprint density at radius 2 is 1.83 bits per heavy atom. The number of hydrogen-bond donors (Lipinski definition) is 0. The van der Waals surface area contributed by atoms with Crippen molar-refractivity contribution in [1.29, 1.82) is 0 Å². The first-order chi connectivity index (χ1) is 14.1. The Hall–Kier alpha value is -2.51. The number of nitrogens with zero attached hydrogens (tertiary/aromatic N) is 5. The number of anilines is 1. The highest BCUT2D eigenvalue weighted by Crippen LogP contribution is 2.36. The molecule has 0 fully saturated rings. The standard InChI is InChI=1S/C17H23N5O6S2/c1-4-19-12-16(17(18-19)22(23)24)30(27,28)21-10-9-13-11-14(7-8-15(13)21)29(25,26)20(5-2)6-3/h7-8,11-12H,4-6,9-10H2,1-3H3. The summed E-state index contributed by atoms with van der Waals surface area (Å²) in [5.74, 6) is -0.731. The molecule has 0 spiro atoms. The van der Waals surface area contributed by atoms with E-state index in [1.165, 1.54) is 27.2 Å². The molecule has 0 atom stereocenters. The van der Waals surface area contributed by atoms with Crippen molar-refractivity contribution in [3.05, 3.63) is 40.1 Å². The van der Waals surface area contributed by atoms with Gasteiger partial charge in [0.25, 0.3) is 10.0 Å². The van der Waals surface area contributed by atoms with Gasteiger partial charge in [-0.3, -0.25) is 4.31 Å². The third kappa shape index (κ3) is 3.56. The van der Waals surface area contributed by atoms with Gasteiger partial charge in [0.15, 0.2) is 0 Å². The second-order valence-corrected chi connectivity index (χ2v) is 10.4. The van der Waals surface area contributed by atoms with Crippen LogP contribution in [0.15, 0.2) is 34.2 Å². The number of fused-ring (bicyclic) bond motifs is 1. The molecule has 0 N–H and O–H groups in total. The van der Waals surface area contributed by atoms with Crippen molar-refractivity contribution in [3.8, 4) is 0 Å². The van der Waals surface area contributed by atoms with Crippen molar-refractivity contribution in [2.24, 2.45) is 0 Å². The van der Waals surface area contributed by atoms with Crippen LogP contribution in [-0.2, 0) is 33.0 Å². The maximum atomic E-state index is 13.2. The number of aromatic nitrogens is 2. The fourth-order valence-corrected chi connectivity index (χ4v) is 6.57. The van der Waals surface area contributed by atoms with Gasteiger partial charge in [-0.05, 0) is 42.0 Å². The lowest BCUT2D eigenvalue weighted by molar-refractivity contribution is -0.392. The molecule has 1 aliphatic rings. The van der Waals surface area contributed by atoms with Gasteiger partial charge in [0.05, 0.1) is 28.4 Å². The zero-order valence-corrected chi connectivity index (χ0v) is 18.5. The molecular weight excluding hydrogens is 434 g/mol. The Morgan fingerprint density at radius 3 is 2.40 bits per heavy atom. The van der Waals surface area contributed by atoms with Crippen LogP contribution >= 0.6 is 0 Å². The van der Waals surface area contributed by atoms with Crippen molar-refractivity contribution in [2.45, 2.75) is 43.5 Å². The van der Waals surface area contributed by atoms with Crippen LogP contribution in [0.2, 0.25) is 0 Å². The maximum absolute atomic E-state index is 13.2. The minimum absolute atomic E-state index is 0.0564. The smallest absolute Gasteiger partial charge is 0.358 e. The largest absolute Gasteiger partial charge is 0.410 e. The summed E-state index contributed by atoms with van der Waals surface area (Å²) in [4.78, 5) is 10.1. The molecule has 0 amide bonds. The van der Waals surface area contributed by atoms with Crippen LogP contribution in [0.25, 0.3) is 0 Å². The molecule has 0 bridgehead atoms. The van der Waals surface area contributed by atoms with E-state index < -0.39 is 35.7 Å². The highest BCUT2D eigenvalue weighted by atomic mass is 32.2. The molecule has 1 aliphatic heterocycles. The summed E-state index contributed by atoms with van der Waals surface area (Å²) < 4.78 is 55.5. The Balaban J connectivity index is 2.04. The van der Waals surface area contributed by atoms with Crippen LogP contribution < -0.4 is 4.31 Å². The summed E-state index contributed by atoms with van der Waals surface area (Å²) in [6.45, 7) is 6.15. The van der Waals surface area contributed by atoms with Gasteiger partial charge in [-0.1, -0.05) is 13.8 Å². The molecule has 1 aromatic carbocycles. The van der Waals surface area contributed by atoms with Gasteiger partial charge in [-0.25, -0.2) is 16.8 Å². The van der Waals surface area contributed by atoms with Crippen molar-refractivity contribution < 1.29 is 21.8 Å². The average Bonchev–Trinajstić information content (AvgIpc) is 3.33. The fourth-order valence-electron chi connectivity index (χ4n) is 3.45. The van der Waals surface area contributed by atoms with Crippen LogP contribution in [0.1, 0.15) is 26.3 Å². The number of benzene rings is 1. The van der Waals surface area contributed by atoms with Crippen molar-refractivity contribution in [2.75, 3.05) is 23.9 Å². The molecule has 2 heterocycles. The first-order valence-corrected chi connectivity index (χ1v) is 12.3. The summed E-state index contributed by atoms with van der Waals surface area (Å²) in [5, 5.41) is 15.0. The zero-order chi connectivity index (χ0) is 22.3. The SMILES string of the molecule is CCN(CC)S(=O)(=O)c1ccc2c(c1)CCN2S(=O)(=O)c1cn(CC)nc1[N+](=O)[O-]. The lowest BCUT2D eigenvalue weighted by atomic mass is 10.2. The summed E-state index contributed by atoms with van der Waals surface area (Å²) in [7, 11) is -7.93. The van der Waals surface area contributed by atoms with E-state index in [1.807, 2.05) is 0 Å². The first kappa shape index (κ1) is 22.2. The van der Waals surface area contributed by atoms with Crippen LogP contribution in [0.5, 0.6) is 0 Å². The third-order valence-corrected chi connectivity index (χ3v) is 8.87. The van der Waals surface area contributed by atoms with Gasteiger partial charge in [0.2, 0.25) is 14.9 Å². The monoisotopic (exact) mass is 457 g/mol.